The predicted octanol–water partition coefficient (Wildman–Crippen LogP) is 5.17. The van der Waals surface area contributed by atoms with E-state index in [1.54, 1.807) is 0 Å². The predicted molar refractivity (Wildman–Crippen MR) is 117 cm³/mol. The van der Waals surface area contributed by atoms with Crippen LogP contribution in [0.4, 0.5) is 36.4 Å². The van der Waals surface area contributed by atoms with E-state index in [4.69, 9.17) is 0 Å². The van der Waals surface area contributed by atoms with Crippen LogP contribution in [0.25, 0.3) is 22.5 Å². The van der Waals surface area contributed by atoms with Crippen molar-refractivity contribution < 1.29 is 35.5 Å². The van der Waals surface area contributed by atoms with Crippen molar-refractivity contribution in [2.75, 3.05) is 5.32 Å². The van der Waals surface area contributed by atoms with E-state index in [2.05, 4.69) is 35.9 Å². The molecule has 1 aliphatic carbocycles. The van der Waals surface area contributed by atoms with Gasteiger partial charge < -0.3 is 5.32 Å². The van der Waals surface area contributed by atoms with Crippen LogP contribution in [0, 0.1) is 5.82 Å². The average Bonchev–Trinajstić information content (AvgIpc) is 3.48. The first kappa shape index (κ1) is 25.2. The summed E-state index contributed by atoms with van der Waals surface area (Å²) in [6.45, 7) is 0. The van der Waals surface area contributed by atoms with Crippen LogP contribution in [0.3, 0.4) is 0 Å². The lowest BCUT2D eigenvalue weighted by atomic mass is 9.93. The number of nitrogens with zero attached hydrogens (tertiary/aromatic N) is 5. The highest BCUT2D eigenvalue weighted by Gasteiger charge is 2.53. The van der Waals surface area contributed by atoms with Crippen LogP contribution in [0.1, 0.15) is 29.8 Å². The number of alkyl halides is 6. The number of hydrogen-bond donors (Lipinski definition) is 2. The van der Waals surface area contributed by atoms with Crippen LogP contribution < -0.4 is 5.32 Å². The van der Waals surface area contributed by atoms with Gasteiger partial charge in [0, 0.05) is 34.8 Å². The summed E-state index contributed by atoms with van der Waals surface area (Å²) in [5.74, 6) is -3.05. The largest absolute Gasteiger partial charge is 0.451 e. The van der Waals surface area contributed by atoms with Crippen molar-refractivity contribution in [2.24, 2.45) is 0 Å². The SMILES string of the molecule is O=C(Nc1ccc(-c2cnc(C(F)(F)F)nc2)c(-c2nn[nH]n2)c1)C1(c2ccc(C(F)(F)F)cc2F)CC1. The first-order valence-electron chi connectivity index (χ1n) is 10.8. The van der Waals surface area contributed by atoms with Crippen molar-refractivity contribution in [3.05, 3.63) is 71.6 Å². The van der Waals surface area contributed by atoms with E-state index in [-0.39, 0.29) is 41.0 Å². The zero-order valence-electron chi connectivity index (χ0n) is 18.8. The summed E-state index contributed by atoms with van der Waals surface area (Å²) in [7, 11) is 0. The van der Waals surface area contributed by atoms with Crippen LogP contribution in [-0.4, -0.2) is 36.5 Å². The van der Waals surface area contributed by atoms with Crippen LogP contribution in [-0.2, 0) is 22.6 Å². The van der Waals surface area contributed by atoms with Gasteiger partial charge in [-0.05, 0) is 47.9 Å². The van der Waals surface area contributed by atoms with E-state index in [0.717, 1.165) is 24.5 Å². The van der Waals surface area contributed by atoms with Gasteiger partial charge in [-0.15, -0.1) is 10.2 Å². The fourth-order valence-corrected chi connectivity index (χ4v) is 4.02. The standard InChI is InChI=1S/C23H14F7N7O/c24-17-7-12(22(25,26)27)1-4-16(17)21(5-6-21)20(38)33-13-2-3-14(15(8-13)18-34-36-37-35-18)11-9-31-19(32-10-11)23(28,29)30/h1-4,7-10H,5-6H2,(H,33,38)(H,34,35,36,37). The lowest BCUT2D eigenvalue weighted by Crippen LogP contribution is -2.29. The first-order chi connectivity index (χ1) is 17.9. The van der Waals surface area contributed by atoms with Gasteiger partial charge in [0.2, 0.25) is 17.6 Å². The number of nitrogens with one attached hydrogen (secondary N) is 2. The van der Waals surface area contributed by atoms with Gasteiger partial charge in [-0.2, -0.15) is 31.6 Å². The topological polar surface area (TPSA) is 109 Å². The molecule has 5 rings (SSSR count). The molecule has 1 amide bonds. The van der Waals surface area contributed by atoms with Crippen molar-refractivity contribution in [3.8, 4) is 22.5 Å². The summed E-state index contributed by atoms with van der Waals surface area (Å²) >= 11 is 0. The summed E-state index contributed by atoms with van der Waals surface area (Å²) in [6.07, 6.45) is -7.07. The summed E-state index contributed by atoms with van der Waals surface area (Å²) in [5, 5.41) is 16.1. The zero-order chi connectivity index (χ0) is 27.3. The van der Waals surface area contributed by atoms with Gasteiger partial charge in [-0.25, -0.2) is 14.4 Å². The molecule has 0 unspecified atom stereocenters. The molecule has 2 aromatic heterocycles. The Balaban J connectivity index is 1.45. The van der Waals surface area contributed by atoms with Gasteiger partial charge in [0.15, 0.2) is 0 Å². The molecule has 196 valence electrons. The Morgan fingerprint density at radius 1 is 0.921 bits per heavy atom. The number of aromatic nitrogens is 6. The molecule has 2 heterocycles. The molecule has 0 radical (unpaired) electrons. The number of aromatic amines is 1. The molecule has 0 spiro atoms. The molecule has 1 aliphatic rings. The highest BCUT2D eigenvalue weighted by molar-refractivity contribution is 6.02. The van der Waals surface area contributed by atoms with E-state index in [9.17, 15) is 35.5 Å². The average molecular weight is 537 g/mol. The van der Waals surface area contributed by atoms with Crippen molar-refractivity contribution in [2.45, 2.75) is 30.6 Å². The van der Waals surface area contributed by atoms with E-state index in [0.29, 0.717) is 11.6 Å². The van der Waals surface area contributed by atoms with Crippen LogP contribution in [0.2, 0.25) is 0 Å². The van der Waals surface area contributed by atoms with Gasteiger partial charge >= 0.3 is 12.4 Å². The monoisotopic (exact) mass is 537 g/mol. The number of hydrogen-bond acceptors (Lipinski definition) is 6. The van der Waals surface area contributed by atoms with Crippen molar-refractivity contribution in [1.29, 1.82) is 0 Å². The first-order valence-corrected chi connectivity index (χ1v) is 10.8. The smallest absolute Gasteiger partial charge is 0.325 e. The zero-order valence-corrected chi connectivity index (χ0v) is 18.8. The maximum absolute atomic E-state index is 14.6. The van der Waals surface area contributed by atoms with E-state index in [1.807, 2.05) is 0 Å². The van der Waals surface area contributed by atoms with Crippen LogP contribution >= 0.6 is 0 Å². The minimum atomic E-state index is -4.73. The molecule has 4 aromatic rings. The molecule has 0 aliphatic heterocycles. The van der Waals surface area contributed by atoms with Crippen molar-refractivity contribution in [3.63, 3.8) is 0 Å². The fraction of sp³-hybridized carbons (Fsp3) is 0.217. The summed E-state index contributed by atoms with van der Waals surface area (Å²) in [5.41, 5.74) is -1.69. The molecular weight excluding hydrogens is 523 g/mol. The molecule has 38 heavy (non-hydrogen) atoms. The van der Waals surface area contributed by atoms with E-state index < -0.39 is 40.9 Å². The van der Waals surface area contributed by atoms with Gasteiger partial charge in [0.05, 0.1) is 11.0 Å². The number of carbonyl (C=O) groups is 1. The highest BCUT2D eigenvalue weighted by atomic mass is 19.4. The molecule has 0 bridgehead atoms. The number of tetrazole rings is 1. The van der Waals surface area contributed by atoms with E-state index >= 15 is 0 Å². The lowest BCUT2D eigenvalue weighted by Gasteiger charge is -2.18. The summed E-state index contributed by atoms with van der Waals surface area (Å²) < 4.78 is 91.9. The number of carbonyl (C=O) groups excluding carboxylic acids is 1. The Bertz CT molecular complexity index is 1500. The summed E-state index contributed by atoms with van der Waals surface area (Å²) in [4.78, 5) is 19.8. The number of amides is 1. The Morgan fingerprint density at radius 3 is 2.18 bits per heavy atom. The Kier molecular flexibility index (Phi) is 5.87. The molecule has 0 saturated heterocycles. The van der Waals surface area contributed by atoms with E-state index in [1.165, 1.54) is 18.2 Å². The third-order valence-electron chi connectivity index (χ3n) is 6.08. The maximum Gasteiger partial charge on any atom is 0.451 e. The Hall–Kier alpha value is -4.43. The molecular formula is C23H14F7N7O. The molecule has 0 atom stereocenters. The Morgan fingerprint density at radius 2 is 1.63 bits per heavy atom. The number of H-pyrrole nitrogens is 1. The quantitative estimate of drug-likeness (QED) is 0.340. The lowest BCUT2D eigenvalue weighted by molar-refractivity contribution is -0.145. The van der Waals surface area contributed by atoms with Crippen LogP contribution in [0.15, 0.2) is 48.8 Å². The Labute approximate surface area is 208 Å². The second kappa shape index (κ2) is 8.85. The minimum absolute atomic E-state index is 0.0471. The minimum Gasteiger partial charge on any atom is -0.325 e. The molecule has 2 aromatic carbocycles. The van der Waals surface area contributed by atoms with Crippen molar-refractivity contribution in [1.82, 2.24) is 30.6 Å². The molecule has 1 saturated carbocycles. The summed E-state index contributed by atoms with van der Waals surface area (Å²) in [6, 6.07) is 6.37. The second-order valence-electron chi connectivity index (χ2n) is 8.52. The van der Waals surface area contributed by atoms with Crippen molar-refractivity contribution >= 4 is 11.6 Å². The highest BCUT2D eigenvalue weighted by Crippen LogP contribution is 2.50. The number of halogens is 7. The molecule has 2 N–H and O–H groups in total. The molecule has 15 heteroatoms. The van der Waals surface area contributed by atoms with Crippen LogP contribution in [0.5, 0.6) is 0 Å². The fourth-order valence-electron chi connectivity index (χ4n) is 4.02. The normalized spacial score (nSPS) is 14.8. The number of rotatable bonds is 5. The van der Waals surface area contributed by atoms with Gasteiger partial charge in [-0.3, -0.25) is 4.79 Å². The number of benzene rings is 2. The van der Waals surface area contributed by atoms with Gasteiger partial charge in [-0.1, -0.05) is 12.1 Å². The maximum atomic E-state index is 14.6. The van der Waals surface area contributed by atoms with Gasteiger partial charge in [0.25, 0.3) is 0 Å². The molecule has 1 fully saturated rings. The third-order valence-corrected chi connectivity index (χ3v) is 6.08. The molecule has 8 nitrogen and oxygen atoms in total. The van der Waals surface area contributed by atoms with Gasteiger partial charge in [0.1, 0.15) is 5.82 Å². The third kappa shape index (κ3) is 4.66. The second-order valence-corrected chi connectivity index (χ2v) is 8.52. The number of anilines is 1.